The maximum absolute atomic E-state index is 13.2. The molecule has 1 atom stereocenters. The van der Waals surface area contributed by atoms with Crippen molar-refractivity contribution in [3.05, 3.63) is 111 Å². The number of carbonyl (C=O) groups excluding carboxylic acids is 3. The number of benzene rings is 3. The number of aromatic nitrogens is 2. The Hall–Kier alpha value is -4.25. The number of carbonyl (C=O) groups is 3. The van der Waals surface area contributed by atoms with Crippen LogP contribution in [-0.2, 0) is 17.8 Å². The molecule has 0 bridgehead atoms. The van der Waals surface area contributed by atoms with Crippen molar-refractivity contribution in [1.29, 1.82) is 0 Å². The molecule has 0 aliphatic carbocycles. The Morgan fingerprint density at radius 1 is 0.930 bits per heavy atom. The second-order valence-electron chi connectivity index (χ2n) is 9.58. The minimum absolute atomic E-state index is 0.0695. The Balaban J connectivity index is 1.31. The van der Waals surface area contributed by atoms with E-state index in [4.69, 9.17) is 42.9 Å². The van der Waals surface area contributed by atoms with Crippen LogP contribution in [0.3, 0.4) is 0 Å². The zero-order valence-corrected chi connectivity index (χ0v) is 24.6. The average Bonchev–Trinajstić information content (AvgIpc) is 3.49. The van der Waals surface area contributed by atoms with E-state index in [1.165, 1.54) is 6.07 Å². The lowest BCUT2D eigenvalue weighted by Gasteiger charge is -2.16. The fourth-order valence-corrected chi connectivity index (χ4v) is 4.33. The normalized spacial score (nSPS) is 11.5. The predicted molar refractivity (Wildman–Crippen MR) is 161 cm³/mol. The number of amides is 1. The first-order chi connectivity index (χ1) is 20.8. The van der Waals surface area contributed by atoms with Crippen molar-refractivity contribution in [2.24, 2.45) is 5.73 Å². The summed E-state index contributed by atoms with van der Waals surface area (Å²) >= 11 is 11.9. The number of hydrogen-bond donors (Lipinski definition) is 2. The van der Waals surface area contributed by atoms with Crippen LogP contribution in [0.1, 0.15) is 57.3 Å². The van der Waals surface area contributed by atoms with E-state index in [1.54, 1.807) is 36.4 Å². The number of nitrogens with zero attached hydrogens (tertiary/aromatic N) is 2. The summed E-state index contributed by atoms with van der Waals surface area (Å²) in [6, 6.07) is 19.9. The highest BCUT2D eigenvalue weighted by Crippen LogP contribution is 2.23. The summed E-state index contributed by atoms with van der Waals surface area (Å²) < 4.78 is 16.2. The van der Waals surface area contributed by atoms with Crippen molar-refractivity contribution >= 4 is 40.9 Å². The van der Waals surface area contributed by atoms with Crippen LogP contribution in [0.15, 0.2) is 77.3 Å². The SMILES string of the molecule is NCCCCC(NC(=O)OCc1ccccc1)C(=O)c1noc(Cc2ccc(OCC(=O)c3ccc(Cl)c(Cl)c3)cc2)n1. The molecule has 4 aromatic rings. The van der Waals surface area contributed by atoms with Gasteiger partial charge in [-0.3, -0.25) is 9.59 Å². The van der Waals surface area contributed by atoms with Crippen LogP contribution < -0.4 is 15.8 Å². The average molecular weight is 626 g/mol. The van der Waals surface area contributed by atoms with Gasteiger partial charge in [0.15, 0.2) is 12.4 Å². The molecule has 224 valence electrons. The van der Waals surface area contributed by atoms with Gasteiger partial charge in [-0.15, -0.1) is 0 Å². The Labute approximate surface area is 258 Å². The van der Waals surface area contributed by atoms with Crippen molar-refractivity contribution in [3.8, 4) is 5.75 Å². The second kappa shape index (κ2) is 15.8. The summed E-state index contributed by atoms with van der Waals surface area (Å²) in [5, 5.41) is 7.12. The molecule has 3 N–H and O–H groups in total. The number of nitrogens with two attached hydrogens (primary N) is 1. The predicted octanol–water partition coefficient (Wildman–Crippen LogP) is 5.84. The first-order valence-electron chi connectivity index (χ1n) is 13.6. The number of nitrogens with one attached hydrogen (secondary N) is 1. The van der Waals surface area contributed by atoms with Gasteiger partial charge in [-0.25, -0.2) is 4.79 Å². The number of alkyl carbamates (subject to hydrolysis) is 1. The van der Waals surface area contributed by atoms with Crippen molar-refractivity contribution < 1.29 is 28.4 Å². The van der Waals surface area contributed by atoms with Crippen molar-refractivity contribution in [1.82, 2.24) is 15.5 Å². The van der Waals surface area contributed by atoms with Gasteiger partial charge in [-0.05, 0) is 67.3 Å². The van der Waals surface area contributed by atoms with E-state index in [9.17, 15) is 14.4 Å². The van der Waals surface area contributed by atoms with E-state index in [0.29, 0.717) is 47.2 Å². The summed E-state index contributed by atoms with van der Waals surface area (Å²) in [5.41, 5.74) is 7.63. The highest BCUT2D eigenvalue weighted by Gasteiger charge is 2.27. The van der Waals surface area contributed by atoms with Gasteiger partial charge in [0.2, 0.25) is 17.5 Å². The molecule has 1 aromatic heterocycles. The summed E-state index contributed by atoms with van der Waals surface area (Å²) in [7, 11) is 0. The number of rotatable bonds is 15. The zero-order chi connectivity index (χ0) is 30.6. The lowest BCUT2D eigenvalue weighted by atomic mass is 10.0. The molecule has 0 radical (unpaired) electrons. The molecule has 0 aliphatic heterocycles. The molecule has 1 heterocycles. The monoisotopic (exact) mass is 624 g/mol. The van der Waals surface area contributed by atoms with E-state index in [1.807, 2.05) is 30.3 Å². The second-order valence-corrected chi connectivity index (χ2v) is 10.4. The summed E-state index contributed by atoms with van der Waals surface area (Å²) in [4.78, 5) is 42.3. The van der Waals surface area contributed by atoms with Gasteiger partial charge in [0.25, 0.3) is 0 Å². The minimum atomic E-state index is -0.900. The van der Waals surface area contributed by atoms with Gasteiger partial charge in [0.05, 0.1) is 22.5 Å². The number of ether oxygens (including phenoxy) is 2. The molecule has 1 unspecified atom stereocenters. The molecule has 10 nitrogen and oxygen atoms in total. The van der Waals surface area contributed by atoms with Gasteiger partial charge < -0.3 is 25.0 Å². The van der Waals surface area contributed by atoms with Crippen LogP contribution in [0.25, 0.3) is 0 Å². The van der Waals surface area contributed by atoms with Gasteiger partial charge >= 0.3 is 6.09 Å². The van der Waals surface area contributed by atoms with E-state index < -0.39 is 17.9 Å². The topological polar surface area (TPSA) is 147 Å². The molecule has 0 saturated heterocycles. The van der Waals surface area contributed by atoms with Gasteiger partial charge in [0, 0.05) is 5.56 Å². The lowest BCUT2D eigenvalue weighted by Crippen LogP contribution is -2.41. The van der Waals surface area contributed by atoms with Gasteiger partial charge in [-0.2, -0.15) is 4.98 Å². The highest BCUT2D eigenvalue weighted by atomic mass is 35.5. The number of hydrogen-bond acceptors (Lipinski definition) is 9. The van der Waals surface area contributed by atoms with Crippen LogP contribution in [0.5, 0.6) is 5.75 Å². The van der Waals surface area contributed by atoms with Gasteiger partial charge in [0.1, 0.15) is 12.4 Å². The molecule has 4 rings (SSSR count). The quantitative estimate of drug-likeness (QED) is 0.123. The maximum Gasteiger partial charge on any atom is 0.408 e. The summed E-state index contributed by atoms with van der Waals surface area (Å²) in [5.74, 6) is -0.162. The fraction of sp³-hybridized carbons (Fsp3) is 0.258. The zero-order valence-electron chi connectivity index (χ0n) is 23.1. The highest BCUT2D eigenvalue weighted by molar-refractivity contribution is 6.42. The smallest absolute Gasteiger partial charge is 0.408 e. The van der Waals surface area contributed by atoms with Crippen LogP contribution in [0, 0.1) is 0 Å². The molecule has 43 heavy (non-hydrogen) atoms. The van der Waals surface area contributed by atoms with E-state index in [-0.39, 0.29) is 37.1 Å². The maximum atomic E-state index is 13.2. The molecule has 12 heteroatoms. The summed E-state index contributed by atoms with van der Waals surface area (Å²) in [6.07, 6.45) is 1.18. The van der Waals surface area contributed by atoms with E-state index in [0.717, 1.165) is 11.1 Å². The van der Waals surface area contributed by atoms with Crippen molar-refractivity contribution in [2.75, 3.05) is 13.2 Å². The third-order valence-corrected chi connectivity index (χ3v) is 7.09. The van der Waals surface area contributed by atoms with Crippen molar-refractivity contribution in [2.45, 2.75) is 38.3 Å². The van der Waals surface area contributed by atoms with Gasteiger partial charge in [-0.1, -0.05) is 70.8 Å². The molecule has 0 saturated carbocycles. The van der Waals surface area contributed by atoms with Crippen LogP contribution in [0.4, 0.5) is 4.79 Å². The van der Waals surface area contributed by atoms with Crippen molar-refractivity contribution in [3.63, 3.8) is 0 Å². The Morgan fingerprint density at radius 2 is 1.70 bits per heavy atom. The Kier molecular flexibility index (Phi) is 11.7. The third-order valence-electron chi connectivity index (χ3n) is 6.35. The standard InChI is InChI=1S/C31H30Cl2N4O6/c32-24-14-11-22(17-25(24)33)27(38)19-41-23-12-9-20(10-13-23)16-28-36-30(37-43-28)29(39)26(8-4-5-15-34)35-31(40)42-18-21-6-2-1-3-7-21/h1-3,6-7,9-14,17,26H,4-5,8,15-16,18-19,34H2,(H,35,40). The van der Waals surface area contributed by atoms with E-state index in [2.05, 4.69) is 15.5 Å². The molecule has 0 aliphatic rings. The molecular weight excluding hydrogens is 595 g/mol. The first kappa shape index (κ1) is 31.7. The lowest BCUT2D eigenvalue weighted by molar-refractivity contribution is 0.0895. The molecule has 1 amide bonds. The first-order valence-corrected chi connectivity index (χ1v) is 14.3. The largest absolute Gasteiger partial charge is 0.485 e. The number of ketones is 2. The minimum Gasteiger partial charge on any atom is -0.485 e. The number of halogens is 2. The molecule has 0 fully saturated rings. The molecule has 3 aromatic carbocycles. The molecular formula is C31H30Cl2N4O6. The van der Waals surface area contributed by atoms with E-state index >= 15 is 0 Å². The Bertz CT molecular complexity index is 1530. The Morgan fingerprint density at radius 3 is 2.42 bits per heavy atom. The van der Waals surface area contributed by atoms with Crippen LogP contribution >= 0.6 is 23.2 Å². The number of unbranched alkanes of at least 4 members (excludes halogenated alkanes) is 1. The third kappa shape index (κ3) is 9.64. The summed E-state index contributed by atoms with van der Waals surface area (Å²) in [6.45, 7) is 0.357. The van der Waals surface area contributed by atoms with Crippen LogP contribution in [0.2, 0.25) is 10.0 Å². The molecule has 0 spiro atoms. The number of Topliss-reactive ketones (excluding diaryl/α,β-unsaturated/α-hetero) is 2. The fourth-order valence-electron chi connectivity index (χ4n) is 4.03. The van der Waals surface area contributed by atoms with Crippen LogP contribution in [-0.4, -0.2) is 47.0 Å².